The van der Waals surface area contributed by atoms with Crippen LogP contribution in [0.15, 0.2) is 29.0 Å². The van der Waals surface area contributed by atoms with Gasteiger partial charge in [0.1, 0.15) is 0 Å². The van der Waals surface area contributed by atoms with Gasteiger partial charge in [-0.05, 0) is 41.9 Å². The number of pyridine rings is 1. The molecule has 2 aromatic heterocycles. The van der Waals surface area contributed by atoms with Crippen LogP contribution in [0.3, 0.4) is 0 Å². The molecule has 0 saturated heterocycles. The standard InChI is InChI=1S/C12H10BrNOS/c1-7-3-11(8(2)16-7)12(15)9-4-10(13)6-14-5-9/h3-6H,1-2H3. The predicted molar refractivity (Wildman–Crippen MR) is 69.2 cm³/mol. The lowest BCUT2D eigenvalue weighted by atomic mass is 10.1. The number of aromatic nitrogens is 1. The molecular formula is C12H10BrNOS. The van der Waals surface area contributed by atoms with Crippen LogP contribution in [0, 0.1) is 13.8 Å². The van der Waals surface area contributed by atoms with Gasteiger partial charge in [-0.1, -0.05) is 0 Å². The minimum Gasteiger partial charge on any atom is -0.289 e. The third-order valence-electron chi connectivity index (χ3n) is 2.25. The summed E-state index contributed by atoms with van der Waals surface area (Å²) in [6.07, 6.45) is 3.27. The first-order valence-electron chi connectivity index (χ1n) is 4.80. The molecule has 0 bridgehead atoms. The Balaban J connectivity index is 2.43. The molecule has 0 aliphatic rings. The van der Waals surface area contributed by atoms with Crippen molar-refractivity contribution in [1.29, 1.82) is 0 Å². The van der Waals surface area contributed by atoms with E-state index in [1.807, 2.05) is 19.9 Å². The monoisotopic (exact) mass is 295 g/mol. The SMILES string of the molecule is Cc1cc(C(=O)c2cncc(Br)c2)c(C)s1. The Bertz CT molecular complexity index is 548. The van der Waals surface area contributed by atoms with Gasteiger partial charge in [0, 0.05) is 37.7 Å². The maximum Gasteiger partial charge on any atom is 0.195 e. The Morgan fingerprint density at radius 2 is 2.06 bits per heavy atom. The van der Waals surface area contributed by atoms with Gasteiger partial charge < -0.3 is 0 Å². The Morgan fingerprint density at radius 1 is 1.31 bits per heavy atom. The average molecular weight is 296 g/mol. The number of hydrogen-bond acceptors (Lipinski definition) is 3. The molecule has 2 aromatic rings. The molecule has 0 radical (unpaired) electrons. The van der Waals surface area contributed by atoms with Gasteiger partial charge in [0.25, 0.3) is 0 Å². The molecule has 0 spiro atoms. The quantitative estimate of drug-likeness (QED) is 0.790. The van der Waals surface area contributed by atoms with E-state index in [4.69, 9.17) is 0 Å². The van der Waals surface area contributed by atoms with E-state index in [-0.39, 0.29) is 5.78 Å². The van der Waals surface area contributed by atoms with Crippen molar-refractivity contribution in [2.24, 2.45) is 0 Å². The number of hydrogen-bond donors (Lipinski definition) is 0. The van der Waals surface area contributed by atoms with Crippen LogP contribution in [0.25, 0.3) is 0 Å². The Labute approximate surface area is 106 Å². The smallest absolute Gasteiger partial charge is 0.195 e. The average Bonchev–Trinajstić information content (AvgIpc) is 2.57. The molecule has 2 heterocycles. The summed E-state index contributed by atoms with van der Waals surface area (Å²) in [6.45, 7) is 3.98. The van der Waals surface area contributed by atoms with Gasteiger partial charge >= 0.3 is 0 Å². The summed E-state index contributed by atoms with van der Waals surface area (Å²) in [6, 6.07) is 3.73. The van der Waals surface area contributed by atoms with Crippen molar-refractivity contribution in [2.75, 3.05) is 0 Å². The molecule has 2 nitrogen and oxygen atoms in total. The summed E-state index contributed by atoms with van der Waals surface area (Å²) in [4.78, 5) is 18.4. The van der Waals surface area contributed by atoms with Crippen LogP contribution in [0.4, 0.5) is 0 Å². The molecular weight excluding hydrogens is 286 g/mol. The molecule has 2 rings (SSSR count). The maximum absolute atomic E-state index is 12.2. The van der Waals surface area contributed by atoms with Crippen molar-refractivity contribution in [2.45, 2.75) is 13.8 Å². The van der Waals surface area contributed by atoms with Gasteiger partial charge in [-0.25, -0.2) is 0 Å². The van der Waals surface area contributed by atoms with E-state index in [0.717, 1.165) is 19.8 Å². The zero-order valence-corrected chi connectivity index (χ0v) is 11.4. The highest BCUT2D eigenvalue weighted by atomic mass is 79.9. The highest BCUT2D eigenvalue weighted by Gasteiger charge is 2.14. The van der Waals surface area contributed by atoms with Crippen LogP contribution in [0.1, 0.15) is 25.7 Å². The number of rotatable bonds is 2. The van der Waals surface area contributed by atoms with Gasteiger partial charge in [-0.3, -0.25) is 9.78 Å². The van der Waals surface area contributed by atoms with Gasteiger partial charge in [0.05, 0.1) is 0 Å². The summed E-state index contributed by atoms with van der Waals surface area (Å²) in [5.74, 6) is 0.0376. The topological polar surface area (TPSA) is 30.0 Å². The van der Waals surface area contributed by atoms with Gasteiger partial charge in [0.15, 0.2) is 5.78 Å². The van der Waals surface area contributed by atoms with E-state index in [9.17, 15) is 4.79 Å². The van der Waals surface area contributed by atoms with Gasteiger partial charge in [0.2, 0.25) is 0 Å². The van der Waals surface area contributed by atoms with Crippen LogP contribution in [0.2, 0.25) is 0 Å². The molecule has 82 valence electrons. The molecule has 0 saturated carbocycles. The number of thiophene rings is 1. The predicted octanol–water partition coefficient (Wildman–Crippen LogP) is 3.75. The zero-order chi connectivity index (χ0) is 11.7. The van der Waals surface area contributed by atoms with E-state index < -0.39 is 0 Å². The highest BCUT2D eigenvalue weighted by Crippen LogP contribution is 2.23. The Kier molecular flexibility index (Phi) is 3.21. The molecule has 16 heavy (non-hydrogen) atoms. The van der Waals surface area contributed by atoms with Gasteiger partial charge in [-0.15, -0.1) is 11.3 Å². The number of ketones is 1. The molecule has 0 aliphatic heterocycles. The van der Waals surface area contributed by atoms with Crippen LogP contribution in [-0.2, 0) is 0 Å². The third-order valence-corrected chi connectivity index (χ3v) is 3.65. The second-order valence-electron chi connectivity index (χ2n) is 3.55. The largest absolute Gasteiger partial charge is 0.289 e. The van der Waals surface area contributed by atoms with Crippen LogP contribution >= 0.6 is 27.3 Å². The van der Waals surface area contributed by atoms with Crippen LogP contribution in [0.5, 0.6) is 0 Å². The summed E-state index contributed by atoms with van der Waals surface area (Å²) in [5.41, 5.74) is 1.40. The van der Waals surface area contributed by atoms with E-state index in [1.165, 1.54) is 0 Å². The van der Waals surface area contributed by atoms with E-state index in [0.29, 0.717) is 5.56 Å². The third kappa shape index (κ3) is 2.23. The van der Waals surface area contributed by atoms with E-state index in [1.54, 1.807) is 29.8 Å². The van der Waals surface area contributed by atoms with Crippen molar-refractivity contribution in [3.8, 4) is 0 Å². The second kappa shape index (κ2) is 4.47. The Hall–Kier alpha value is -1.000. The summed E-state index contributed by atoms with van der Waals surface area (Å²) >= 11 is 4.96. The number of carbonyl (C=O) groups is 1. The normalized spacial score (nSPS) is 10.4. The lowest BCUT2D eigenvalue weighted by Gasteiger charge is -1.99. The minimum atomic E-state index is 0.0376. The summed E-state index contributed by atoms with van der Waals surface area (Å²) in [7, 11) is 0. The first-order chi connectivity index (χ1) is 7.58. The maximum atomic E-state index is 12.2. The first kappa shape index (κ1) is 11.5. The van der Waals surface area contributed by atoms with Crippen molar-refractivity contribution in [1.82, 2.24) is 4.98 Å². The molecule has 0 fully saturated rings. The number of nitrogens with zero attached hydrogens (tertiary/aromatic N) is 1. The molecule has 0 amide bonds. The highest BCUT2D eigenvalue weighted by molar-refractivity contribution is 9.10. The van der Waals surface area contributed by atoms with Crippen molar-refractivity contribution in [3.63, 3.8) is 0 Å². The summed E-state index contributed by atoms with van der Waals surface area (Å²) < 4.78 is 0.822. The molecule has 0 atom stereocenters. The zero-order valence-electron chi connectivity index (χ0n) is 8.95. The molecule has 4 heteroatoms. The number of aryl methyl sites for hydroxylation is 2. The molecule has 0 N–H and O–H groups in total. The van der Waals surface area contributed by atoms with Crippen molar-refractivity contribution < 1.29 is 4.79 Å². The minimum absolute atomic E-state index is 0.0376. The lowest BCUT2D eigenvalue weighted by molar-refractivity contribution is 0.103. The van der Waals surface area contributed by atoms with Gasteiger partial charge in [-0.2, -0.15) is 0 Å². The van der Waals surface area contributed by atoms with E-state index >= 15 is 0 Å². The van der Waals surface area contributed by atoms with Crippen molar-refractivity contribution in [3.05, 3.63) is 49.9 Å². The van der Waals surface area contributed by atoms with Crippen molar-refractivity contribution >= 4 is 33.0 Å². The summed E-state index contributed by atoms with van der Waals surface area (Å²) in [5, 5.41) is 0. The lowest BCUT2D eigenvalue weighted by Crippen LogP contribution is -2.01. The fourth-order valence-corrected chi connectivity index (χ4v) is 2.83. The number of carbonyl (C=O) groups excluding carboxylic acids is 1. The van der Waals surface area contributed by atoms with E-state index in [2.05, 4.69) is 20.9 Å². The molecule has 0 aromatic carbocycles. The molecule has 0 aliphatic carbocycles. The number of halogens is 1. The molecule has 0 unspecified atom stereocenters. The first-order valence-corrected chi connectivity index (χ1v) is 6.41. The van der Waals surface area contributed by atoms with Crippen LogP contribution in [-0.4, -0.2) is 10.8 Å². The Morgan fingerprint density at radius 3 is 2.62 bits per heavy atom. The fourth-order valence-electron chi connectivity index (χ4n) is 1.55. The van der Waals surface area contributed by atoms with Crippen LogP contribution < -0.4 is 0 Å². The fraction of sp³-hybridized carbons (Fsp3) is 0.167. The second-order valence-corrected chi connectivity index (χ2v) is 5.92.